The zero-order valence-electron chi connectivity index (χ0n) is 28.2. The average molecular weight is 680 g/mol. The molecule has 12 heteroatoms. The van der Waals surface area contributed by atoms with Crippen LogP contribution in [0.25, 0.3) is 28.2 Å². The van der Waals surface area contributed by atoms with E-state index < -0.39 is 26.0 Å². The number of sulfone groups is 1. The molecule has 1 aliphatic rings. The SMILES string of the molecule is C[Si](C)(C)CCOCN(COCC[Si](C)(C)C)c1cc(C2CCS(=O)(=O)CC2)nc2cc(-c3ccc(-c4ccccc4)nc3)nn12. The summed E-state index contributed by atoms with van der Waals surface area (Å²) in [7, 11) is -5.52. The number of rotatable bonds is 14. The lowest BCUT2D eigenvalue weighted by atomic mass is 9.98. The highest BCUT2D eigenvalue weighted by molar-refractivity contribution is 7.91. The minimum atomic E-state index is -3.00. The van der Waals surface area contributed by atoms with Crippen LogP contribution < -0.4 is 4.90 Å². The van der Waals surface area contributed by atoms with Crippen LogP contribution in [0.2, 0.25) is 51.4 Å². The van der Waals surface area contributed by atoms with Crippen molar-refractivity contribution < 1.29 is 17.9 Å². The Bertz CT molecular complexity index is 1670. The molecule has 0 saturated carbocycles. The normalized spacial score (nSPS) is 15.8. The Kier molecular flexibility index (Phi) is 10.8. The molecule has 0 spiro atoms. The first-order valence-electron chi connectivity index (χ1n) is 16.3. The minimum absolute atomic E-state index is 0.0555. The molecule has 0 amide bonds. The Morgan fingerprint density at radius 2 is 1.46 bits per heavy atom. The summed E-state index contributed by atoms with van der Waals surface area (Å²) in [4.78, 5) is 11.9. The number of aromatic nitrogens is 4. The van der Waals surface area contributed by atoms with E-state index in [1.807, 2.05) is 59.2 Å². The van der Waals surface area contributed by atoms with E-state index in [1.54, 1.807) is 0 Å². The summed E-state index contributed by atoms with van der Waals surface area (Å²) in [6, 6.07) is 20.4. The molecule has 248 valence electrons. The fourth-order valence-corrected chi connectivity index (χ4v) is 8.34. The van der Waals surface area contributed by atoms with Crippen LogP contribution in [0.5, 0.6) is 0 Å². The summed E-state index contributed by atoms with van der Waals surface area (Å²) in [5, 5.41) is 5.03. The van der Waals surface area contributed by atoms with E-state index in [4.69, 9.17) is 24.5 Å². The maximum absolute atomic E-state index is 12.2. The van der Waals surface area contributed by atoms with Crippen molar-refractivity contribution in [3.05, 3.63) is 66.5 Å². The lowest BCUT2D eigenvalue weighted by Crippen LogP contribution is -2.33. The van der Waals surface area contributed by atoms with Crippen molar-refractivity contribution in [1.29, 1.82) is 0 Å². The molecule has 4 heterocycles. The standard InChI is InChI=1S/C34H49N5O4SSi2/c1-45(2,3)20-16-42-25-38(26-43-17-21-46(4,5)6)34-23-31(28-14-18-44(40,41)19-15-28)36-33-22-32(37-39(33)34)29-12-13-30(35-24-29)27-10-8-7-9-11-27/h7-13,22-24,28H,14-21,25-26H2,1-6H3. The average Bonchev–Trinajstić information content (AvgIpc) is 3.44. The number of nitrogens with zero attached hydrogens (tertiary/aromatic N) is 5. The fraction of sp³-hybridized carbons (Fsp3) is 0.500. The second kappa shape index (κ2) is 14.5. The fourth-order valence-electron chi connectivity index (χ4n) is 5.34. The van der Waals surface area contributed by atoms with Gasteiger partial charge < -0.3 is 14.4 Å². The predicted octanol–water partition coefficient (Wildman–Crippen LogP) is 7.18. The molecule has 0 bridgehead atoms. The van der Waals surface area contributed by atoms with Crippen LogP contribution in [0, 0.1) is 0 Å². The molecule has 9 nitrogen and oxygen atoms in total. The molecule has 0 radical (unpaired) electrons. The van der Waals surface area contributed by atoms with Gasteiger partial charge in [0.25, 0.3) is 0 Å². The lowest BCUT2D eigenvalue weighted by Gasteiger charge is -2.28. The molecule has 1 saturated heterocycles. The third-order valence-electron chi connectivity index (χ3n) is 8.34. The monoisotopic (exact) mass is 679 g/mol. The number of benzene rings is 1. The largest absolute Gasteiger partial charge is 0.361 e. The van der Waals surface area contributed by atoms with Crippen molar-refractivity contribution >= 4 is 37.5 Å². The molecular formula is C34H49N5O4SSi2. The Hall–Kier alpha value is -2.91. The number of ether oxygens (including phenoxy) is 2. The van der Waals surface area contributed by atoms with E-state index in [0.717, 1.165) is 46.1 Å². The van der Waals surface area contributed by atoms with Crippen molar-refractivity contribution in [1.82, 2.24) is 19.6 Å². The predicted molar refractivity (Wildman–Crippen MR) is 193 cm³/mol. The number of fused-ring (bicyclic) bond motifs is 1. The maximum Gasteiger partial charge on any atom is 0.158 e. The van der Waals surface area contributed by atoms with Gasteiger partial charge in [-0.05, 0) is 37.1 Å². The van der Waals surface area contributed by atoms with Gasteiger partial charge in [-0.3, -0.25) is 4.98 Å². The van der Waals surface area contributed by atoms with Gasteiger partial charge in [-0.25, -0.2) is 13.4 Å². The summed E-state index contributed by atoms with van der Waals surface area (Å²) in [5.74, 6) is 1.26. The molecule has 0 atom stereocenters. The number of anilines is 1. The second-order valence-corrected chi connectivity index (χ2v) is 28.3. The Balaban J connectivity index is 1.50. The zero-order chi connectivity index (χ0) is 33.0. The van der Waals surface area contributed by atoms with Crippen LogP contribution in [0.4, 0.5) is 5.82 Å². The minimum Gasteiger partial charge on any atom is -0.361 e. The van der Waals surface area contributed by atoms with E-state index in [0.29, 0.717) is 45.2 Å². The summed E-state index contributed by atoms with van der Waals surface area (Å²) in [6.07, 6.45) is 2.99. The van der Waals surface area contributed by atoms with Crippen molar-refractivity contribution in [2.24, 2.45) is 0 Å². The second-order valence-electron chi connectivity index (χ2n) is 14.8. The first-order chi connectivity index (χ1) is 21.8. The van der Waals surface area contributed by atoms with Crippen molar-refractivity contribution in [3.8, 4) is 22.5 Å². The van der Waals surface area contributed by atoms with Gasteiger partial charge in [-0.15, -0.1) is 0 Å². The van der Waals surface area contributed by atoms with Gasteiger partial charge in [-0.1, -0.05) is 69.6 Å². The smallest absolute Gasteiger partial charge is 0.158 e. The third kappa shape index (κ3) is 9.57. The van der Waals surface area contributed by atoms with Gasteiger partial charge in [0.1, 0.15) is 29.1 Å². The zero-order valence-corrected chi connectivity index (χ0v) is 31.0. The third-order valence-corrected chi connectivity index (χ3v) is 13.5. The topological polar surface area (TPSA) is 98.9 Å². The summed E-state index contributed by atoms with van der Waals surface area (Å²) in [6.45, 7) is 16.2. The van der Waals surface area contributed by atoms with E-state index >= 15 is 0 Å². The van der Waals surface area contributed by atoms with E-state index in [-0.39, 0.29) is 17.4 Å². The van der Waals surface area contributed by atoms with Gasteiger partial charge in [0.2, 0.25) is 0 Å². The van der Waals surface area contributed by atoms with E-state index in [1.165, 1.54) is 0 Å². The van der Waals surface area contributed by atoms with Gasteiger partial charge in [0, 0.05) is 70.4 Å². The van der Waals surface area contributed by atoms with Crippen LogP contribution in [0.15, 0.2) is 60.8 Å². The molecule has 0 aliphatic carbocycles. The maximum atomic E-state index is 12.2. The van der Waals surface area contributed by atoms with Crippen LogP contribution in [0.1, 0.15) is 24.5 Å². The first-order valence-corrected chi connectivity index (χ1v) is 25.5. The molecule has 0 unspecified atom stereocenters. The van der Waals surface area contributed by atoms with Crippen LogP contribution in [-0.4, -0.2) is 82.3 Å². The van der Waals surface area contributed by atoms with Crippen molar-refractivity contribution in [2.45, 2.75) is 70.1 Å². The van der Waals surface area contributed by atoms with Gasteiger partial charge in [-0.2, -0.15) is 9.61 Å². The molecule has 1 aliphatic heterocycles. The lowest BCUT2D eigenvalue weighted by molar-refractivity contribution is 0.0942. The van der Waals surface area contributed by atoms with Crippen molar-refractivity contribution in [2.75, 3.05) is 43.1 Å². The van der Waals surface area contributed by atoms with E-state index in [2.05, 4.69) is 50.2 Å². The van der Waals surface area contributed by atoms with Crippen molar-refractivity contribution in [3.63, 3.8) is 0 Å². The molecule has 1 fully saturated rings. The first kappa shape index (κ1) is 34.4. The molecular weight excluding hydrogens is 631 g/mol. The molecule has 3 aromatic heterocycles. The number of hydrogen-bond acceptors (Lipinski definition) is 8. The Morgan fingerprint density at radius 1 is 0.826 bits per heavy atom. The number of hydrogen-bond donors (Lipinski definition) is 0. The van der Waals surface area contributed by atoms with E-state index in [9.17, 15) is 8.42 Å². The molecule has 0 N–H and O–H groups in total. The molecule has 4 aromatic rings. The quantitative estimate of drug-likeness (QED) is 0.0786. The Labute approximate surface area is 276 Å². The summed E-state index contributed by atoms with van der Waals surface area (Å²) < 4.78 is 38.9. The van der Waals surface area contributed by atoms with Crippen LogP contribution >= 0.6 is 0 Å². The highest BCUT2D eigenvalue weighted by Crippen LogP contribution is 2.32. The highest BCUT2D eigenvalue weighted by atomic mass is 32.2. The van der Waals surface area contributed by atoms with Crippen LogP contribution in [0.3, 0.4) is 0 Å². The molecule has 1 aromatic carbocycles. The molecule has 46 heavy (non-hydrogen) atoms. The van der Waals surface area contributed by atoms with Gasteiger partial charge >= 0.3 is 0 Å². The van der Waals surface area contributed by atoms with Gasteiger partial charge in [0.15, 0.2) is 5.65 Å². The summed E-state index contributed by atoms with van der Waals surface area (Å²) in [5.41, 5.74) is 5.21. The Morgan fingerprint density at radius 3 is 2.02 bits per heavy atom. The van der Waals surface area contributed by atoms with Gasteiger partial charge in [0.05, 0.1) is 22.9 Å². The van der Waals surface area contributed by atoms with Crippen LogP contribution in [-0.2, 0) is 19.3 Å². The summed E-state index contributed by atoms with van der Waals surface area (Å²) >= 11 is 0. The highest BCUT2D eigenvalue weighted by Gasteiger charge is 2.28. The number of pyridine rings is 1. The molecule has 5 rings (SSSR count).